The monoisotopic (exact) mass is 642 g/mol. The molecule has 2 aromatic heterocycles. The van der Waals surface area contributed by atoms with Crippen LogP contribution in [0.2, 0.25) is 0 Å². The second-order valence-corrected chi connectivity index (χ2v) is 12.8. The Bertz CT molecular complexity index is 1840. The molecule has 46 heavy (non-hydrogen) atoms. The van der Waals surface area contributed by atoms with Crippen LogP contribution in [0.15, 0.2) is 59.1 Å². The van der Waals surface area contributed by atoms with Crippen molar-refractivity contribution < 1.29 is 45.5 Å². The van der Waals surface area contributed by atoms with E-state index in [1.165, 1.54) is 30.3 Å². The highest BCUT2D eigenvalue weighted by Crippen LogP contribution is 2.61. The zero-order valence-electron chi connectivity index (χ0n) is 24.3. The molecule has 3 aliphatic rings. The lowest BCUT2D eigenvalue weighted by molar-refractivity contribution is -0.137. The van der Waals surface area contributed by atoms with E-state index in [-0.39, 0.29) is 51.1 Å². The summed E-state index contributed by atoms with van der Waals surface area (Å²) in [5.41, 5.74) is -1.62. The molecular weight excluding hydrogens is 614 g/mol. The Kier molecular flexibility index (Phi) is 7.17. The fourth-order valence-electron chi connectivity index (χ4n) is 7.13. The van der Waals surface area contributed by atoms with Gasteiger partial charge in [-0.1, -0.05) is 35.5 Å². The van der Waals surface area contributed by atoms with E-state index in [0.717, 1.165) is 44.6 Å². The van der Waals surface area contributed by atoms with Crippen molar-refractivity contribution in [3.8, 4) is 17.0 Å². The number of fused-ring (bicyclic) bond motifs is 1. The molecule has 4 aromatic rings. The van der Waals surface area contributed by atoms with Crippen molar-refractivity contribution >= 4 is 22.9 Å². The van der Waals surface area contributed by atoms with Gasteiger partial charge in [0.25, 0.3) is 0 Å². The standard InChI is InChI=1S/C34H28F6N2O4/c35-33(36,37)25-4-2-1-3-22(25)29-23(30(46-42-29)20-6-7-20)9-5-18-13-32(14-18)15-19(16-32)17-45-21-8-10-27-24(11-21)26(34(38,39)40)12-28(41-27)31(43)44/h1-5,8-12,18-20H,6-7,13-17H2,(H,43,44)/b9-5+. The lowest BCUT2D eigenvalue weighted by atomic mass is 9.48. The molecule has 2 heterocycles. The summed E-state index contributed by atoms with van der Waals surface area (Å²) in [6.45, 7) is 0.336. The molecule has 0 amide bonds. The molecule has 12 heteroatoms. The fourth-order valence-corrected chi connectivity index (χ4v) is 7.13. The Hall–Kier alpha value is -4.35. The van der Waals surface area contributed by atoms with Gasteiger partial charge in [0.2, 0.25) is 0 Å². The topological polar surface area (TPSA) is 85.5 Å². The fraction of sp³-hybridized carbons (Fsp3) is 0.382. The van der Waals surface area contributed by atoms with Gasteiger partial charge in [-0.15, -0.1) is 0 Å². The summed E-state index contributed by atoms with van der Waals surface area (Å²) in [7, 11) is 0. The number of carbonyl (C=O) groups is 1. The van der Waals surface area contributed by atoms with Crippen LogP contribution in [0, 0.1) is 17.3 Å². The zero-order valence-corrected chi connectivity index (χ0v) is 24.3. The van der Waals surface area contributed by atoms with Crippen LogP contribution < -0.4 is 4.74 Å². The third-order valence-electron chi connectivity index (χ3n) is 9.35. The first-order valence-corrected chi connectivity index (χ1v) is 15.0. The van der Waals surface area contributed by atoms with E-state index >= 15 is 0 Å². The Morgan fingerprint density at radius 1 is 0.978 bits per heavy atom. The zero-order chi connectivity index (χ0) is 32.4. The van der Waals surface area contributed by atoms with Gasteiger partial charge in [0.1, 0.15) is 22.9 Å². The van der Waals surface area contributed by atoms with Crippen LogP contribution in [0.1, 0.15) is 77.4 Å². The van der Waals surface area contributed by atoms with Gasteiger partial charge in [0, 0.05) is 22.4 Å². The number of pyridine rings is 1. The molecule has 3 fully saturated rings. The predicted octanol–water partition coefficient (Wildman–Crippen LogP) is 9.40. The van der Waals surface area contributed by atoms with Crippen LogP contribution in [0.3, 0.4) is 0 Å². The summed E-state index contributed by atoms with van der Waals surface area (Å²) in [5.74, 6) is 0.00590. The predicted molar refractivity (Wildman–Crippen MR) is 155 cm³/mol. The van der Waals surface area contributed by atoms with E-state index in [9.17, 15) is 31.1 Å². The van der Waals surface area contributed by atoms with Gasteiger partial charge in [0.05, 0.1) is 23.3 Å². The van der Waals surface area contributed by atoms with Gasteiger partial charge >= 0.3 is 18.3 Å². The molecule has 1 N–H and O–H groups in total. The van der Waals surface area contributed by atoms with E-state index < -0.39 is 35.1 Å². The van der Waals surface area contributed by atoms with Gasteiger partial charge in [-0.25, -0.2) is 9.78 Å². The first-order valence-electron chi connectivity index (χ1n) is 15.0. The van der Waals surface area contributed by atoms with Crippen LogP contribution >= 0.6 is 0 Å². The minimum absolute atomic E-state index is 0.000433. The second kappa shape index (κ2) is 10.9. The van der Waals surface area contributed by atoms with Crippen LogP contribution in [0.5, 0.6) is 5.75 Å². The Labute approximate surface area is 259 Å². The van der Waals surface area contributed by atoms with Gasteiger partial charge in [-0.2, -0.15) is 26.3 Å². The number of carboxylic acid groups (broad SMARTS) is 1. The Morgan fingerprint density at radius 2 is 1.70 bits per heavy atom. The third-order valence-corrected chi connectivity index (χ3v) is 9.35. The van der Waals surface area contributed by atoms with Gasteiger partial charge in [-0.3, -0.25) is 0 Å². The first-order chi connectivity index (χ1) is 21.8. The molecule has 3 aliphatic carbocycles. The molecule has 240 valence electrons. The van der Waals surface area contributed by atoms with E-state index in [0.29, 0.717) is 24.0 Å². The van der Waals surface area contributed by atoms with Crippen molar-refractivity contribution in [3.05, 3.63) is 82.8 Å². The molecule has 0 aliphatic heterocycles. The molecular formula is C34H28F6N2O4. The van der Waals surface area contributed by atoms with Crippen molar-refractivity contribution in [1.29, 1.82) is 0 Å². The second-order valence-electron chi connectivity index (χ2n) is 12.8. The number of rotatable bonds is 8. The van der Waals surface area contributed by atoms with Gasteiger partial charge < -0.3 is 14.4 Å². The molecule has 2 aromatic carbocycles. The molecule has 0 radical (unpaired) electrons. The number of ether oxygens (including phenoxy) is 1. The third kappa shape index (κ3) is 5.73. The summed E-state index contributed by atoms with van der Waals surface area (Å²) >= 11 is 0. The normalized spacial score (nSPS) is 23.1. The highest BCUT2D eigenvalue weighted by molar-refractivity contribution is 5.92. The van der Waals surface area contributed by atoms with Crippen LogP contribution in [0.25, 0.3) is 28.2 Å². The summed E-state index contributed by atoms with van der Waals surface area (Å²) in [4.78, 5) is 15.1. The van der Waals surface area contributed by atoms with Crippen LogP contribution in [0.4, 0.5) is 26.3 Å². The number of halogens is 6. The van der Waals surface area contributed by atoms with Crippen molar-refractivity contribution in [2.24, 2.45) is 17.3 Å². The van der Waals surface area contributed by atoms with E-state index in [4.69, 9.17) is 14.4 Å². The SMILES string of the molecule is O=C(O)c1cc(C(F)(F)F)c2cc(OCC3CC4(CC(/C=C/c5c(-c6ccccc6C(F)(F)F)noc5C5CC5)C4)C3)ccc2n1. The average molecular weight is 643 g/mol. The molecule has 1 spiro atoms. The summed E-state index contributed by atoms with van der Waals surface area (Å²) < 4.78 is 93.7. The molecule has 0 atom stereocenters. The van der Waals surface area contributed by atoms with Crippen molar-refractivity contribution in [1.82, 2.24) is 10.1 Å². The smallest absolute Gasteiger partial charge is 0.417 e. The van der Waals surface area contributed by atoms with E-state index in [2.05, 4.69) is 10.1 Å². The summed E-state index contributed by atoms with van der Waals surface area (Å²) in [5, 5.41) is 13.0. The average Bonchev–Trinajstić information content (AvgIpc) is 3.72. The number of aromatic carboxylic acids is 1. The molecule has 0 unspecified atom stereocenters. The minimum atomic E-state index is -4.76. The molecule has 3 saturated carbocycles. The lowest BCUT2D eigenvalue weighted by Gasteiger charge is -2.57. The number of nitrogens with zero attached hydrogens (tertiary/aromatic N) is 2. The van der Waals surface area contributed by atoms with Crippen molar-refractivity contribution in [2.45, 2.75) is 56.8 Å². The Balaban J connectivity index is 0.985. The number of alkyl halides is 6. The molecule has 0 saturated heterocycles. The molecule has 7 rings (SSSR count). The largest absolute Gasteiger partial charge is 0.493 e. The first kappa shape index (κ1) is 30.3. The van der Waals surface area contributed by atoms with Crippen molar-refractivity contribution in [2.75, 3.05) is 6.61 Å². The molecule has 0 bridgehead atoms. The number of aromatic nitrogens is 2. The quantitative estimate of drug-likeness (QED) is 0.193. The van der Waals surface area contributed by atoms with Crippen LogP contribution in [-0.2, 0) is 12.4 Å². The highest BCUT2D eigenvalue weighted by atomic mass is 19.4. The number of hydrogen-bond acceptors (Lipinski definition) is 5. The maximum absolute atomic E-state index is 13.7. The summed E-state index contributed by atoms with van der Waals surface area (Å²) in [6, 6.07) is 9.98. The van der Waals surface area contributed by atoms with Gasteiger partial charge in [0.15, 0.2) is 0 Å². The van der Waals surface area contributed by atoms with Crippen molar-refractivity contribution in [3.63, 3.8) is 0 Å². The van der Waals surface area contributed by atoms with E-state index in [1.54, 1.807) is 6.07 Å². The maximum atomic E-state index is 13.7. The number of benzene rings is 2. The highest BCUT2D eigenvalue weighted by Gasteiger charge is 2.52. The minimum Gasteiger partial charge on any atom is -0.493 e. The van der Waals surface area contributed by atoms with Crippen LogP contribution in [-0.4, -0.2) is 27.8 Å². The molecule has 6 nitrogen and oxygen atoms in total. The van der Waals surface area contributed by atoms with Gasteiger partial charge in [-0.05, 0) is 86.1 Å². The number of hydrogen-bond donors (Lipinski definition) is 1. The number of allylic oxidation sites excluding steroid dienone is 1. The maximum Gasteiger partial charge on any atom is 0.417 e. The number of carboxylic acids is 1. The lowest BCUT2D eigenvalue weighted by Crippen LogP contribution is -2.48. The Morgan fingerprint density at radius 3 is 2.37 bits per heavy atom. The summed E-state index contributed by atoms with van der Waals surface area (Å²) in [6.07, 6.45) is 0.140. The van der Waals surface area contributed by atoms with E-state index in [1.807, 2.05) is 12.2 Å².